The Balaban J connectivity index is 1.27. The number of morpholine rings is 1. The van der Waals surface area contributed by atoms with Crippen LogP contribution in [0.3, 0.4) is 0 Å². The van der Waals surface area contributed by atoms with Crippen LogP contribution in [0.4, 0.5) is 11.4 Å². The van der Waals surface area contributed by atoms with E-state index in [1.807, 2.05) is 12.1 Å². The minimum absolute atomic E-state index is 0.0369. The number of piperazine rings is 1. The third kappa shape index (κ3) is 5.18. The van der Waals surface area contributed by atoms with Crippen LogP contribution < -0.4 is 10.2 Å². The Morgan fingerprint density at radius 2 is 1.83 bits per heavy atom. The summed E-state index contributed by atoms with van der Waals surface area (Å²) in [6, 6.07) is 8.12. The summed E-state index contributed by atoms with van der Waals surface area (Å²) < 4.78 is 17.8. The van der Waals surface area contributed by atoms with Gasteiger partial charge in [0.05, 0.1) is 26.4 Å². The fourth-order valence-electron chi connectivity index (χ4n) is 5.90. The van der Waals surface area contributed by atoms with Crippen LogP contribution in [-0.2, 0) is 19.0 Å². The smallest absolute Gasteiger partial charge is 0.253 e. The van der Waals surface area contributed by atoms with Gasteiger partial charge in [-0.2, -0.15) is 0 Å². The van der Waals surface area contributed by atoms with Crippen LogP contribution in [0.15, 0.2) is 47.7 Å². The third-order valence-corrected chi connectivity index (χ3v) is 8.19. The topological polar surface area (TPSA) is 66.5 Å². The molecule has 8 nitrogen and oxygen atoms in total. The Morgan fingerprint density at radius 3 is 2.50 bits per heavy atom. The number of rotatable bonds is 6. The number of likely N-dealkylation sites (N-methyl/N-ethyl adjacent to an activating group) is 1. The number of methoxy groups -OCH3 is 1. The summed E-state index contributed by atoms with van der Waals surface area (Å²) in [6.07, 6.45) is 5.26. The maximum absolute atomic E-state index is 13.3. The molecule has 0 bridgehead atoms. The summed E-state index contributed by atoms with van der Waals surface area (Å²) in [7, 11) is 1.72. The molecule has 1 aromatic rings. The molecule has 196 valence electrons. The number of nitrogens with zero attached hydrogens (tertiary/aromatic N) is 3. The van der Waals surface area contributed by atoms with Gasteiger partial charge in [0, 0.05) is 50.6 Å². The first-order chi connectivity index (χ1) is 17.5. The molecule has 4 aliphatic rings. The molecule has 8 heteroatoms. The number of nitrogens with one attached hydrogen (secondary N) is 1. The first-order valence-corrected chi connectivity index (χ1v) is 13.3. The summed E-state index contributed by atoms with van der Waals surface area (Å²) in [6.45, 7) is 12.8. The highest BCUT2D eigenvalue weighted by molar-refractivity contribution is 5.94. The largest absolute Gasteiger partial charge is 0.497 e. The second-order valence-electron chi connectivity index (χ2n) is 10.2. The van der Waals surface area contributed by atoms with Gasteiger partial charge in [0.1, 0.15) is 17.5 Å². The van der Waals surface area contributed by atoms with Gasteiger partial charge in [-0.1, -0.05) is 6.92 Å². The molecule has 3 saturated heterocycles. The minimum atomic E-state index is -0.559. The normalized spacial score (nSPS) is 29.7. The first-order valence-electron chi connectivity index (χ1n) is 13.3. The van der Waals surface area contributed by atoms with Crippen LogP contribution in [-0.4, -0.2) is 99.6 Å². The number of hydrogen-bond acceptors (Lipinski definition) is 7. The molecular formula is C28H40N4O4. The Hall–Kier alpha value is -2.39. The number of hydrogen-bond donors (Lipinski definition) is 1. The van der Waals surface area contributed by atoms with Crippen molar-refractivity contribution in [2.24, 2.45) is 0 Å². The molecule has 0 spiro atoms. The Labute approximate surface area is 214 Å². The van der Waals surface area contributed by atoms with Gasteiger partial charge in [0.2, 0.25) is 0 Å². The lowest BCUT2D eigenvalue weighted by Gasteiger charge is -2.51. The lowest BCUT2D eigenvalue weighted by atomic mass is 9.77. The molecule has 3 atom stereocenters. The van der Waals surface area contributed by atoms with Gasteiger partial charge in [-0.15, -0.1) is 0 Å². The van der Waals surface area contributed by atoms with E-state index in [1.165, 1.54) is 5.57 Å². The molecule has 3 fully saturated rings. The van der Waals surface area contributed by atoms with E-state index >= 15 is 0 Å². The zero-order chi connectivity index (χ0) is 25.1. The van der Waals surface area contributed by atoms with E-state index in [9.17, 15) is 4.79 Å². The van der Waals surface area contributed by atoms with Crippen LogP contribution in [0.1, 0.15) is 26.7 Å². The number of benzene rings is 1. The molecule has 3 aliphatic heterocycles. The Kier molecular flexibility index (Phi) is 7.67. The fourth-order valence-corrected chi connectivity index (χ4v) is 5.90. The molecule has 36 heavy (non-hydrogen) atoms. The van der Waals surface area contributed by atoms with Gasteiger partial charge in [0.25, 0.3) is 5.91 Å². The molecule has 1 aliphatic carbocycles. The molecule has 1 amide bonds. The van der Waals surface area contributed by atoms with E-state index < -0.39 is 11.7 Å². The van der Waals surface area contributed by atoms with E-state index in [1.54, 1.807) is 7.11 Å². The van der Waals surface area contributed by atoms with Gasteiger partial charge in [-0.25, -0.2) is 0 Å². The second-order valence-corrected chi connectivity index (χ2v) is 10.2. The van der Waals surface area contributed by atoms with E-state index in [0.717, 1.165) is 82.6 Å². The van der Waals surface area contributed by atoms with Gasteiger partial charge >= 0.3 is 0 Å². The van der Waals surface area contributed by atoms with Crippen molar-refractivity contribution in [2.45, 2.75) is 44.4 Å². The van der Waals surface area contributed by atoms with Crippen molar-refractivity contribution in [3.05, 3.63) is 47.7 Å². The summed E-state index contributed by atoms with van der Waals surface area (Å²) >= 11 is 0. The van der Waals surface area contributed by atoms with E-state index in [0.29, 0.717) is 6.42 Å². The maximum atomic E-state index is 13.3. The molecule has 0 radical (unpaired) electrons. The van der Waals surface area contributed by atoms with Crippen molar-refractivity contribution in [3.8, 4) is 0 Å². The standard InChI is InChI=1S/C28H40N4O4/c1-4-30-11-13-32(14-12-30)26-20-24(34-3)19-21-5-10-25(36-28(21,26)2)27(33)29-22-6-8-23(9-7-22)31-15-17-35-18-16-31/h6-9,19-20,25-26H,4-5,10-18H2,1-3H3,(H,29,33). The maximum Gasteiger partial charge on any atom is 0.253 e. The average Bonchev–Trinajstić information content (AvgIpc) is 2.93. The van der Waals surface area contributed by atoms with Gasteiger partial charge in [-0.3, -0.25) is 9.69 Å². The fraction of sp³-hybridized carbons (Fsp3) is 0.607. The monoisotopic (exact) mass is 496 g/mol. The first kappa shape index (κ1) is 25.3. The number of amides is 1. The Bertz CT molecular complexity index is 980. The highest BCUT2D eigenvalue weighted by Crippen LogP contribution is 2.42. The SMILES string of the molecule is CCN1CCN(C2C=C(OC)C=C3CCC(C(=O)Nc4ccc(N5CCOCC5)cc4)OC32C)CC1. The van der Waals surface area contributed by atoms with Crippen molar-refractivity contribution in [2.75, 3.05) is 76.4 Å². The molecule has 5 rings (SSSR count). The number of anilines is 2. The number of carbonyl (C=O) groups is 1. The molecule has 0 aromatic heterocycles. The van der Waals surface area contributed by atoms with Crippen molar-refractivity contribution >= 4 is 17.3 Å². The third-order valence-electron chi connectivity index (χ3n) is 8.19. The van der Waals surface area contributed by atoms with Gasteiger partial charge in [0.15, 0.2) is 0 Å². The van der Waals surface area contributed by atoms with E-state index in [-0.39, 0.29) is 11.9 Å². The molecule has 1 N–H and O–H groups in total. The zero-order valence-electron chi connectivity index (χ0n) is 21.9. The van der Waals surface area contributed by atoms with Crippen molar-refractivity contribution in [1.82, 2.24) is 9.80 Å². The molecule has 1 aromatic carbocycles. The lowest BCUT2D eigenvalue weighted by molar-refractivity contribution is -0.151. The number of fused-ring (bicyclic) bond motifs is 1. The number of allylic oxidation sites excluding steroid dienone is 1. The van der Waals surface area contributed by atoms with Crippen LogP contribution in [0.5, 0.6) is 0 Å². The molecule has 3 unspecified atom stereocenters. The highest BCUT2D eigenvalue weighted by atomic mass is 16.5. The van der Waals surface area contributed by atoms with Crippen molar-refractivity contribution in [1.29, 1.82) is 0 Å². The molecule has 0 saturated carbocycles. The highest BCUT2D eigenvalue weighted by Gasteiger charge is 2.49. The van der Waals surface area contributed by atoms with Crippen molar-refractivity contribution in [3.63, 3.8) is 0 Å². The van der Waals surface area contributed by atoms with Crippen LogP contribution in [0.25, 0.3) is 0 Å². The quantitative estimate of drug-likeness (QED) is 0.650. The van der Waals surface area contributed by atoms with Gasteiger partial charge < -0.3 is 29.3 Å². The van der Waals surface area contributed by atoms with Crippen molar-refractivity contribution < 1.29 is 19.0 Å². The Morgan fingerprint density at radius 1 is 1.11 bits per heavy atom. The number of carbonyl (C=O) groups excluding carboxylic acids is 1. The van der Waals surface area contributed by atoms with Gasteiger partial charge in [-0.05, 0) is 68.3 Å². The van der Waals surface area contributed by atoms with E-state index in [4.69, 9.17) is 14.2 Å². The van der Waals surface area contributed by atoms with Crippen LogP contribution in [0, 0.1) is 0 Å². The van der Waals surface area contributed by atoms with Crippen LogP contribution >= 0.6 is 0 Å². The summed E-state index contributed by atoms with van der Waals surface area (Å²) in [4.78, 5) is 20.6. The van der Waals surface area contributed by atoms with E-state index in [2.05, 4.69) is 58.1 Å². The molecular weight excluding hydrogens is 456 g/mol. The predicted molar refractivity (Wildman–Crippen MR) is 141 cm³/mol. The minimum Gasteiger partial charge on any atom is -0.497 e. The van der Waals surface area contributed by atoms with Crippen LogP contribution in [0.2, 0.25) is 0 Å². The molecule has 3 heterocycles. The number of ether oxygens (including phenoxy) is 3. The summed E-state index contributed by atoms with van der Waals surface area (Å²) in [5, 5.41) is 3.10. The lowest BCUT2D eigenvalue weighted by Crippen LogP contribution is -2.61. The average molecular weight is 497 g/mol. The zero-order valence-corrected chi connectivity index (χ0v) is 21.9. The summed E-state index contributed by atoms with van der Waals surface area (Å²) in [5.74, 6) is 0.808. The second kappa shape index (κ2) is 10.9. The predicted octanol–water partition coefficient (Wildman–Crippen LogP) is 2.88. The summed E-state index contributed by atoms with van der Waals surface area (Å²) in [5.41, 5.74) is 2.60.